The molecule has 0 radical (unpaired) electrons. The molecule has 2 aromatic rings. The third kappa shape index (κ3) is 3.95. The topological polar surface area (TPSA) is 97.1 Å². The molecule has 0 N–H and O–H groups in total. The van der Waals surface area contributed by atoms with Gasteiger partial charge in [0.1, 0.15) is 6.33 Å². The van der Waals surface area contributed by atoms with Gasteiger partial charge in [-0.05, 0) is 31.5 Å². The number of nitro groups is 1. The predicted molar refractivity (Wildman–Crippen MR) is 112 cm³/mol. The van der Waals surface area contributed by atoms with Crippen molar-refractivity contribution < 1.29 is 14.4 Å². The molecule has 1 saturated heterocycles. The number of rotatable bonds is 7. The van der Waals surface area contributed by atoms with E-state index in [4.69, 9.17) is 9.47 Å². The number of hydrogen-bond donors (Lipinski definition) is 0. The van der Waals surface area contributed by atoms with Gasteiger partial charge in [-0.1, -0.05) is 6.07 Å². The molecule has 1 fully saturated rings. The highest BCUT2D eigenvalue weighted by Crippen LogP contribution is 2.35. The lowest BCUT2D eigenvalue weighted by Crippen LogP contribution is -2.46. The minimum absolute atomic E-state index is 0.00887. The molecule has 0 amide bonds. The summed E-state index contributed by atoms with van der Waals surface area (Å²) in [6.45, 7) is 9.19. The van der Waals surface area contributed by atoms with Crippen molar-refractivity contribution in [1.29, 1.82) is 0 Å². The summed E-state index contributed by atoms with van der Waals surface area (Å²) in [5.41, 5.74) is 1.15. The number of aromatic nitrogens is 2. The molecule has 1 aromatic heterocycles. The van der Waals surface area contributed by atoms with Gasteiger partial charge in [0.25, 0.3) is 0 Å². The summed E-state index contributed by atoms with van der Waals surface area (Å²) in [5, 5.41) is 11.9. The van der Waals surface area contributed by atoms with Gasteiger partial charge in [0.15, 0.2) is 11.5 Å². The Balaban J connectivity index is 1.46. The zero-order valence-electron chi connectivity index (χ0n) is 17.3. The van der Waals surface area contributed by atoms with Crippen molar-refractivity contribution in [2.45, 2.75) is 20.4 Å². The fourth-order valence-corrected chi connectivity index (χ4v) is 3.93. The van der Waals surface area contributed by atoms with E-state index in [1.54, 1.807) is 0 Å². The van der Waals surface area contributed by atoms with Gasteiger partial charge in [-0.25, -0.2) is 9.97 Å². The Morgan fingerprint density at radius 1 is 1.10 bits per heavy atom. The van der Waals surface area contributed by atoms with Gasteiger partial charge in [0.2, 0.25) is 18.4 Å². The second-order valence-corrected chi connectivity index (χ2v) is 7.25. The summed E-state index contributed by atoms with van der Waals surface area (Å²) in [5.74, 6) is 2.35. The monoisotopic (exact) mass is 414 g/mol. The largest absolute Gasteiger partial charge is 0.454 e. The molecule has 2 aliphatic rings. The summed E-state index contributed by atoms with van der Waals surface area (Å²) >= 11 is 0. The molecular formula is C20H26N6O4. The van der Waals surface area contributed by atoms with Gasteiger partial charge in [0.05, 0.1) is 4.92 Å². The number of nitrogens with zero attached hydrogens (tertiary/aromatic N) is 6. The molecule has 0 spiro atoms. The smallest absolute Gasteiger partial charge is 0.353 e. The molecule has 0 bridgehead atoms. The molecule has 0 atom stereocenters. The SMILES string of the molecule is CCN(CC)c1ncnc(N2CCN(Cc3ccc4c(c3)OCO4)CC2)c1[N+](=O)[O-]. The highest BCUT2D eigenvalue weighted by molar-refractivity contribution is 5.71. The van der Waals surface area contributed by atoms with Crippen LogP contribution in [-0.4, -0.2) is 65.9 Å². The number of ether oxygens (including phenoxy) is 2. The second-order valence-electron chi connectivity index (χ2n) is 7.25. The maximum absolute atomic E-state index is 11.9. The summed E-state index contributed by atoms with van der Waals surface area (Å²) in [7, 11) is 0. The Hall–Kier alpha value is -3.14. The van der Waals surface area contributed by atoms with Gasteiger partial charge < -0.3 is 19.3 Å². The van der Waals surface area contributed by atoms with Crippen molar-refractivity contribution in [1.82, 2.24) is 14.9 Å². The van der Waals surface area contributed by atoms with Gasteiger partial charge in [-0.2, -0.15) is 0 Å². The van der Waals surface area contributed by atoms with Crippen LogP contribution in [0.15, 0.2) is 24.5 Å². The average Bonchev–Trinajstić information content (AvgIpc) is 3.23. The van der Waals surface area contributed by atoms with Crippen LogP contribution in [0.2, 0.25) is 0 Å². The molecule has 0 saturated carbocycles. The van der Waals surface area contributed by atoms with Crippen LogP contribution in [0.3, 0.4) is 0 Å². The quantitative estimate of drug-likeness (QED) is 0.499. The fraction of sp³-hybridized carbons (Fsp3) is 0.500. The maximum atomic E-state index is 11.9. The van der Waals surface area contributed by atoms with Crippen LogP contribution < -0.4 is 19.3 Å². The van der Waals surface area contributed by atoms with Crippen molar-refractivity contribution in [3.63, 3.8) is 0 Å². The fourth-order valence-electron chi connectivity index (χ4n) is 3.93. The first-order valence-corrected chi connectivity index (χ1v) is 10.2. The summed E-state index contributed by atoms with van der Waals surface area (Å²) in [4.78, 5) is 26.2. The molecule has 0 aliphatic carbocycles. The van der Waals surface area contributed by atoms with E-state index in [9.17, 15) is 10.1 Å². The highest BCUT2D eigenvalue weighted by atomic mass is 16.7. The molecule has 10 heteroatoms. The third-order valence-corrected chi connectivity index (χ3v) is 5.54. The van der Waals surface area contributed by atoms with E-state index in [1.807, 2.05) is 41.8 Å². The number of piperazine rings is 1. The molecular weight excluding hydrogens is 388 g/mol. The van der Waals surface area contributed by atoms with Crippen molar-refractivity contribution >= 4 is 17.3 Å². The lowest BCUT2D eigenvalue weighted by atomic mass is 10.1. The Labute approximate surface area is 175 Å². The van der Waals surface area contributed by atoms with Gasteiger partial charge in [-0.15, -0.1) is 0 Å². The van der Waals surface area contributed by atoms with E-state index in [0.717, 1.165) is 36.7 Å². The average molecular weight is 414 g/mol. The van der Waals surface area contributed by atoms with Gasteiger partial charge in [-0.3, -0.25) is 15.0 Å². The Morgan fingerprint density at radius 3 is 2.53 bits per heavy atom. The van der Waals surface area contributed by atoms with E-state index >= 15 is 0 Å². The first-order chi connectivity index (χ1) is 14.6. The Kier molecular flexibility index (Phi) is 5.84. The summed E-state index contributed by atoms with van der Waals surface area (Å²) in [6.07, 6.45) is 1.43. The van der Waals surface area contributed by atoms with Crippen molar-refractivity contribution in [3.8, 4) is 11.5 Å². The van der Waals surface area contributed by atoms with E-state index in [-0.39, 0.29) is 17.4 Å². The van der Waals surface area contributed by atoms with E-state index in [2.05, 4.69) is 14.9 Å². The number of fused-ring (bicyclic) bond motifs is 1. The second kappa shape index (κ2) is 8.70. The van der Waals surface area contributed by atoms with Crippen molar-refractivity contribution in [2.24, 2.45) is 0 Å². The normalized spacial score (nSPS) is 16.0. The molecule has 3 heterocycles. The molecule has 2 aliphatic heterocycles. The van der Waals surface area contributed by atoms with Crippen LogP contribution in [0.5, 0.6) is 11.5 Å². The standard InChI is InChI=1S/C20H26N6O4/c1-3-24(4-2)19-18(26(27)28)20(22-13-21-19)25-9-7-23(8-10-25)12-15-5-6-16-17(11-15)30-14-29-16/h5-6,11,13H,3-4,7-10,12,14H2,1-2H3. The minimum Gasteiger partial charge on any atom is -0.454 e. The van der Waals surface area contributed by atoms with Gasteiger partial charge >= 0.3 is 5.69 Å². The predicted octanol–water partition coefficient (Wildman–Crippen LogP) is 2.28. The van der Waals surface area contributed by atoms with Gasteiger partial charge in [0, 0.05) is 45.8 Å². The number of anilines is 2. The van der Waals surface area contributed by atoms with Crippen molar-refractivity contribution in [2.75, 3.05) is 55.9 Å². The van der Waals surface area contributed by atoms with E-state index < -0.39 is 0 Å². The third-order valence-electron chi connectivity index (χ3n) is 5.54. The van der Waals surface area contributed by atoms with Crippen LogP contribution in [-0.2, 0) is 6.54 Å². The molecule has 10 nitrogen and oxygen atoms in total. The summed E-state index contributed by atoms with van der Waals surface area (Å²) in [6, 6.07) is 6.00. The first-order valence-electron chi connectivity index (χ1n) is 10.2. The number of hydrogen-bond acceptors (Lipinski definition) is 9. The zero-order valence-corrected chi connectivity index (χ0v) is 17.3. The first kappa shape index (κ1) is 20.1. The Bertz CT molecular complexity index is 912. The lowest BCUT2D eigenvalue weighted by Gasteiger charge is -2.35. The summed E-state index contributed by atoms with van der Waals surface area (Å²) < 4.78 is 10.8. The van der Waals surface area contributed by atoms with Crippen LogP contribution in [0, 0.1) is 10.1 Å². The molecule has 30 heavy (non-hydrogen) atoms. The van der Waals surface area contributed by atoms with Crippen LogP contribution in [0.1, 0.15) is 19.4 Å². The molecule has 4 rings (SSSR count). The lowest BCUT2D eigenvalue weighted by molar-refractivity contribution is -0.383. The number of benzene rings is 1. The van der Waals surface area contributed by atoms with Crippen LogP contribution >= 0.6 is 0 Å². The van der Waals surface area contributed by atoms with Crippen LogP contribution in [0.4, 0.5) is 17.3 Å². The van der Waals surface area contributed by atoms with E-state index in [0.29, 0.717) is 37.8 Å². The molecule has 1 aromatic carbocycles. The van der Waals surface area contributed by atoms with Crippen LogP contribution in [0.25, 0.3) is 0 Å². The highest BCUT2D eigenvalue weighted by Gasteiger charge is 2.31. The zero-order chi connectivity index (χ0) is 21.1. The maximum Gasteiger partial charge on any atom is 0.353 e. The molecule has 0 unspecified atom stereocenters. The van der Waals surface area contributed by atoms with E-state index in [1.165, 1.54) is 6.33 Å². The molecule has 160 valence electrons. The van der Waals surface area contributed by atoms with Crippen molar-refractivity contribution in [3.05, 3.63) is 40.2 Å². The Morgan fingerprint density at radius 2 is 1.83 bits per heavy atom. The minimum atomic E-state index is -0.359.